The normalized spacial score (nSPS) is 10.3. The average Bonchev–Trinajstić information content (AvgIpc) is 2.39. The Morgan fingerprint density at radius 3 is 2.53 bits per heavy atom. The van der Waals surface area contributed by atoms with Crippen molar-refractivity contribution in [3.8, 4) is 17.0 Å². The number of aliphatic hydroxyl groups is 1. The molecular formula is C14H15NO2. The maximum Gasteiger partial charge on any atom is 0.221 e. The summed E-state index contributed by atoms with van der Waals surface area (Å²) in [4.78, 5) is 4.18. The van der Waals surface area contributed by atoms with Gasteiger partial charge in [-0.15, -0.1) is 0 Å². The van der Waals surface area contributed by atoms with Gasteiger partial charge >= 0.3 is 0 Å². The Bertz CT molecular complexity index is 506. The summed E-state index contributed by atoms with van der Waals surface area (Å²) in [6.07, 6.45) is 1.62. The van der Waals surface area contributed by atoms with Crippen molar-refractivity contribution < 1.29 is 9.84 Å². The van der Waals surface area contributed by atoms with Crippen LogP contribution in [0.5, 0.6) is 5.88 Å². The Kier molecular flexibility index (Phi) is 3.40. The summed E-state index contributed by atoms with van der Waals surface area (Å²) in [6, 6.07) is 10.0. The fourth-order valence-corrected chi connectivity index (χ4v) is 1.68. The summed E-state index contributed by atoms with van der Waals surface area (Å²) in [7, 11) is 1.60. The molecule has 0 amide bonds. The number of hydrogen-bond acceptors (Lipinski definition) is 3. The molecule has 1 N–H and O–H groups in total. The SMILES string of the molecule is COc1ncc(CO)cc1-c1ccc(C)cc1. The molecule has 1 aromatic carbocycles. The number of aryl methyl sites for hydroxylation is 1. The molecule has 2 rings (SSSR count). The Morgan fingerprint density at radius 1 is 1.24 bits per heavy atom. The van der Waals surface area contributed by atoms with Gasteiger partial charge in [0.05, 0.1) is 13.7 Å². The number of aliphatic hydroxyl groups excluding tert-OH is 1. The first-order chi connectivity index (χ1) is 8.24. The quantitative estimate of drug-likeness (QED) is 0.879. The van der Waals surface area contributed by atoms with Crippen LogP contribution in [0.15, 0.2) is 36.5 Å². The van der Waals surface area contributed by atoms with Gasteiger partial charge in [-0.05, 0) is 24.1 Å². The summed E-state index contributed by atoms with van der Waals surface area (Å²) in [5.41, 5.74) is 3.93. The molecule has 17 heavy (non-hydrogen) atoms. The molecule has 1 aromatic heterocycles. The van der Waals surface area contributed by atoms with Crippen molar-refractivity contribution in [3.05, 3.63) is 47.7 Å². The molecule has 1 heterocycles. The van der Waals surface area contributed by atoms with Gasteiger partial charge in [0.15, 0.2) is 0 Å². The maximum atomic E-state index is 9.14. The molecule has 0 atom stereocenters. The first-order valence-corrected chi connectivity index (χ1v) is 5.45. The fourth-order valence-electron chi connectivity index (χ4n) is 1.68. The van der Waals surface area contributed by atoms with E-state index in [4.69, 9.17) is 9.84 Å². The Morgan fingerprint density at radius 2 is 1.94 bits per heavy atom. The molecule has 0 radical (unpaired) electrons. The Labute approximate surface area is 101 Å². The third-order valence-corrected chi connectivity index (χ3v) is 2.65. The molecule has 0 fully saturated rings. The molecule has 0 aliphatic rings. The van der Waals surface area contributed by atoms with E-state index >= 15 is 0 Å². The van der Waals surface area contributed by atoms with Crippen LogP contribution in [-0.2, 0) is 6.61 Å². The number of benzene rings is 1. The number of pyridine rings is 1. The molecule has 0 bridgehead atoms. The molecule has 0 saturated heterocycles. The number of hydrogen-bond donors (Lipinski definition) is 1. The Balaban J connectivity index is 2.51. The predicted octanol–water partition coefficient (Wildman–Crippen LogP) is 2.56. The van der Waals surface area contributed by atoms with Crippen LogP contribution in [0.2, 0.25) is 0 Å². The van der Waals surface area contributed by atoms with Crippen LogP contribution in [0.4, 0.5) is 0 Å². The van der Waals surface area contributed by atoms with E-state index in [0.717, 1.165) is 16.7 Å². The van der Waals surface area contributed by atoms with E-state index in [9.17, 15) is 0 Å². The van der Waals surface area contributed by atoms with Crippen molar-refractivity contribution in [2.24, 2.45) is 0 Å². The van der Waals surface area contributed by atoms with Gasteiger partial charge in [0.2, 0.25) is 5.88 Å². The van der Waals surface area contributed by atoms with Crippen molar-refractivity contribution in [3.63, 3.8) is 0 Å². The van der Waals surface area contributed by atoms with Gasteiger partial charge in [-0.3, -0.25) is 0 Å². The van der Waals surface area contributed by atoms with E-state index in [-0.39, 0.29) is 6.61 Å². The highest BCUT2D eigenvalue weighted by Gasteiger charge is 2.08. The lowest BCUT2D eigenvalue weighted by Crippen LogP contribution is -1.94. The second-order valence-corrected chi connectivity index (χ2v) is 3.92. The van der Waals surface area contributed by atoms with Crippen molar-refractivity contribution in [2.45, 2.75) is 13.5 Å². The second kappa shape index (κ2) is 4.97. The highest BCUT2D eigenvalue weighted by molar-refractivity contribution is 5.69. The molecule has 0 aliphatic heterocycles. The molecule has 3 nitrogen and oxygen atoms in total. The van der Waals surface area contributed by atoms with Gasteiger partial charge in [0.1, 0.15) is 0 Å². The van der Waals surface area contributed by atoms with Gasteiger partial charge in [-0.25, -0.2) is 4.98 Å². The van der Waals surface area contributed by atoms with Crippen LogP contribution in [0, 0.1) is 6.92 Å². The first kappa shape index (κ1) is 11.6. The summed E-state index contributed by atoms with van der Waals surface area (Å²) in [5.74, 6) is 0.575. The second-order valence-electron chi connectivity index (χ2n) is 3.92. The molecular weight excluding hydrogens is 214 g/mol. The summed E-state index contributed by atoms with van der Waals surface area (Å²) in [5, 5.41) is 9.14. The lowest BCUT2D eigenvalue weighted by atomic mass is 10.0. The molecule has 2 aromatic rings. The minimum absolute atomic E-state index is 0.0180. The summed E-state index contributed by atoms with van der Waals surface area (Å²) < 4.78 is 5.24. The summed E-state index contributed by atoms with van der Waals surface area (Å²) in [6.45, 7) is 2.03. The van der Waals surface area contributed by atoms with E-state index in [1.807, 2.05) is 37.3 Å². The van der Waals surface area contributed by atoms with Crippen molar-refractivity contribution in [2.75, 3.05) is 7.11 Å². The van der Waals surface area contributed by atoms with E-state index in [1.54, 1.807) is 13.3 Å². The average molecular weight is 229 g/mol. The molecule has 0 aliphatic carbocycles. The lowest BCUT2D eigenvalue weighted by molar-refractivity contribution is 0.281. The third kappa shape index (κ3) is 2.45. The minimum atomic E-state index is -0.0180. The van der Waals surface area contributed by atoms with Crippen LogP contribution in [0.3, 0.4) is 0 Å². The zero-order valence-electron chi connectivity index (χ0n) is 9.97. The van der Waals surface area contributed by atoms with E-state index < -0.39 is 0 Å². The zero-order chi connectivity index (χ0) is 12.3. The number of methoxy groups -OCH3 is 1. The molecule has 0 saturated carbocycles. The van der Waals surface area contributed by atoms with Crippen LogP contribution in [-0.4, -0.2) is 17.2 Å². The summed E-state index contributed by atoms with van der Waals surface area (Å²) >= 11 is 0. The van der Waals surface area contributed by atoms with Crippen LogP contribution in [0.25, 0.3) is 11.1 Å². The van der Waals surface area contributed by atoms with Gasteiger partial charge < -0.3 is 9.84 Å². The monoisotopic (exact) mass is 229 g/mol. The first-order valence-electron chi connectivity index (χ1n) is 5.45. The van der Waals surface area contributed by atoms with Gasteiger partial charge in [0.25, 0.3) is 0 Å². The highest BCUT2D eigenvalue weighted by atomic mass is 16.5. The van der Waals surface area contributed by atoms with Crippen molar-refractivity contribution >= 4 is 0 Å². The van der Waals surface area contributed by atoms with Gasteiger partial charge in [0, 0.05) is 11.8 Å². The Hall–Kier alpha value is -1.87. The number of aromatic nitrogens is 1. The molecule has 88 valence electrons. The zero-order valence-corrected chi connectivity index (χ0v) is 9.97. The largest absolute Gasteiger partial charge is 0.481 e. The predicted molar refractivity (Wildman–Crippen MR) is 66.9 cm³/mol. The van der Waals surface area contributed by atoms with Crippen LogP contribution >= 0.6 is 0 Å². The number of rotatable bonds is 3. The maximum absolute atomic E-state index is 9.14. The lowest BCUT2D eigenvalue weighted by Gasteiger charge is -2.09. The number of nitrogens with zero attached hydrogens (tertiary/aromatic N) is 1. The molecule has 0 spiro atoms. The fraction of sp³-hybridized carbons (Fsp3) is 0.214. The van der Waals surface area contributed by atoms with Crippen molar-refractivity contribution in [1.29, 1.82) is 0 Å². The van der Waals surface area contributed by atoms with Crippen molar-refractivity contribution in [1.82, 2.24) is 4.98 Å². The van der Waals surface area contributed by atoms with E-state index in [1.165, 1.54) is 5.56 Å². The standard InChI is InChI=1S/C14H15NO2/c1-10-3-5-12(6-4-10)13-7-11(9-16)8-15-14(13)17-2/h3-8,16H,9H2,1-2H3. The van der Waals surface area contributed by atoms with E-state index in [2.05, 4.69) is 4.98 Å². The van der Waals surface area contributed by atoms with Gasteiger partial charge in [-0.2, -0.15) is 0 Å². The minimum Gasteiger partial charge on any atom is -0.481 e. The van der Waals surface area contributed by atoms with Crippen LogP contribution < -0.4 is 4.74 Å². The van der Waals surface area contributed by atoms with Gasteiger partial charge in [-0.1, -0.05) is 29.8 Å². The highest BCUT2D eigenvalue weighted by Crippen LogP contribution is 2.28. The number of ether oxygens (including phenoxy) is 1. The molecule has 3 heteroatoms. The van der Waals surface area contributed by atoms with E-state index in [0.29, 0.717) is 5.88 Å². The third-order valence-electron chi connectivity index (χ3n) is 2.65. The topological polar surface area (TPSA) is 42.4 Å². The smallest absolute Gasteiger partial charge is 0.221 e. The molecule has 0 unspecified atom stereocenters. The van der Waals surface area contributed by atoms with Crippen LogP contribution in [0.1, 0.15) is 11.1 Å².